The second-order valence-corrected chi connectivity index (χ2v) is 2.66. The molecule has 0 saturated heterocycles. The Kier molecular flexibility index (Phi) is 0.699. The van der Waals surface area contributed by atoms with Gasteiger partial charge in [-0.15, -0.1) is 0 Å². The molecule has 0 N–H and O–H groups in total. The maximum Gasteiger partial charge on any atom is 0.0373 e. The van der Waals surface area contributed by atoms with Crippen LogP contribution in [-0.4, -0.2) is 14.1 Å². The van der Waals surface area contributed by atoms with Gasteiger partial charge in [-0.1, -0.05) is 0 Å². The highest BCUT2D eigenvalue weighted by molar-refractivity contribution is 5.87. The molecule has 0 heterocycles. The third-order valence-corrected chi connectivity index (χ3v) is 1.68. The van der Waals surface area contributed by atoms with E-state index in [0.717, 1.165) is 0 Å². The third-order valence-electron chi connectivity index (χ3n) is 1.68. The van der Waals surface area contributed by atoms with Gasteiger partial charge in [0.1, 0.15) is 0 Å². The quantitative estimate of drug-likeness (QED) is 0.552. The maximum absolute atomic E-state index is 2.20. The van der Waals surface area contributed by atoms with Crippen molar-refractivity contribution in [3.8, 4) is 11.1 Å². The van der Waals surface area contributed by atoms with Gasteiger partial charge in [0.15, 0.2) is 0 Å². The van der Waals surface area contributed by atoms with Crippen LogP contribution < -0.4 is 4.90 Å². The van der Waals surface area contributed by atoms with E-state index < -0.39 is 0 Å². The van der Waals surface area contributed by atoms with Crippen LogP contribution >= 0.6 is 0 Å². The van der Waals surface area contributed by atoms with Crippen molar-refractivity contribution in [2.45, 2.75) is 0 Å². The van der Waals surface area contributed by atoms with Crippen LogP contribution in [0.3, 0.4) is 0 Å². The Labute approximate surface area is 54.9 Å². The highest BCUT2D eigenvalue weighted by Crippen LogP contribution is 2.39. The van der Waals surface area contributed by atoms with Crippen molar-refractivity contribution >= 4 is 5.69 Å². The zero-order chi connectivity index (χ0) is 6.43. The van der Waals surface area contributed by atoms with E-state index in [1.165, 1.54) is 16.8 Å². The lowest BCUT2D eigenvalue weighted by Gasteiger charge is -2.07. The fourth-order valence-corrected chi connectivity index (χ4v) is 1.000. The van der Waals surface area contributed by atoms with Crippen molar-refractivity contribution in [3.63, 3.8) is 0 Å². The first-order chi connectivity index (χ1) is 4.27. The molecule has 0 fully saturated rings. The second kappa shape index (κ2) is 1.29. The normalized spacial score (nSPS) is 11.3. The molecule has 0 spiro atoms. The van der Waals surface area contributed by atoms with E-state index in [-0.39, 0.29) is 0 Å². The van der Waals surface area contributed by atoms with Crippen molar-refractivity contribution in [1.82, 2.24) is 0 Å². The summed E-state index contributed by atoms with van der Waals surface area (Å²) in [5, 5.41) is 0. The Bertz CT molecular complexity index is 230. The first-order valence-corrected chi connectivity index (χ1v) is 3.10. The molecule has 0 bridgehead atoms. The zero-order valence-electron chi connectivity index (χ0n) is 5.68. The lowest BCUT2D eigenvalue weighted by Crippen LogP contribution is -2.06. The standard InChI is InChI=1S/C8H9N/c1-9(2)8-4-6-3-7(6)5-8/h3-5H,1-2H3. The van der Waals surface area contributed by atoms with Gasteiger partial charge < -0.3 is 4.90 Å². The summed E-state index contributed by atoms with van der Waals surface area (Å²) in [6, 6.07) is 6.59. The first-order valence-electron chi connectivity index (χ1n) is 3.10. The van der Waals surface area contributed by atoms with Crippen LogP contribution in [-0.2, 0) is 0 Å². The Hall–Kier alpha value is -0.980. The molecule has 0 radical (unpaired) electrons. The van der Waals surface area contributed by atoms with Gasteiger partial charge in [0.25, 0.3) is 0 Å². The number of fused-ring (bicyclic) bond motifs is 1. The summed E-state index contributed by atoms with van der Waals surface area (Å²) in [7, 11) is 4.13. The molecule has 2 aliphatic carbocycles. The molecule has 1 heteroatoms. The van der Waals surface area contributed by atoms with Crippen LogP contribution in [0.1, 0.15) is 0 Å². The van der Waals surface area contributed by atoms with Crippen molar-refractivity contribution in [2.24, 2.45) is 0 Å². The Morgan fingerprint density at radius 2 is 1.56 bits per heavy atom. The van der Waals surface area contributed by atoms with Crippen LogP contribution in [0.2, 0.25) is 0 Å². The van der Waals surface area contributed by atoms with Crippen LogP contribution in [0.5, 0.6) is 0 Å². The molecule has 1 nitrogen and oxygen atoms in total. The summed E-state index contributed by atoms with van der Waals surface area (Å²) >= 11 is 0. The molecular weight excluding hydrogens is 110 g/mol. The average molecular weight is 119 g/mol. The molecule has 0 unspecified atom stereocenters. The summed E-state index contributed by atoms with van der Waals surface area (Å²) in [4.78, 5) is 2.12. The van der Waals surface area contributed by atoms with Gasteiger partial charge in [-0.3, -0.25) is 0 Å². The topological polar surface area (TPSA) is 3.24 Å². The van der Waals surface area contributed by atoms with Crippen LogP contribution in [0, 0.1) is 0 Å². The first kappa shape index (κ1) is 4.86. The van der Waals surface area contributed by atoms with E-state index in [9.17, 15) is 0 Å². The molecule has 2 rings (SSSR count). The number of hydrogen-bond donors (Lipinski definition) is 0. The lowest BCUT2D eigenvalue weighted by atomic mass is 10.4. The van der Waals surface area contributed by atoms with E-state index in [4.69, 9.17) is 0 Å². The predicted molar refractivity (Wildman–Crippen MR) is 39.8 cm³/mol. The summed E-state index contributed by atoms with van der Waals surface area (Å²) in [6.45, 7) is 0. The maximum atomic E-state index is 2.20. The molecular formula is C8H9N. The lowest BCUT2D eigenvalue weighted by molar-refractivity contribution is 1.14. The van der Waals surface area contributed by atoms with Gasteiger partial charge in [-0.25, -0.2) is 0 Å². The van der Waals surface area contributed by atoms with E-state index in [2.05, 4.69) is 37.2 Å². The van der Waals surface area contributed by atoms with Gasteiger partial charge in [0.05, 0.1) is 0 Å². The molecule has 46 valence electrons. The van der Waals surface area contributed by atoms with E-state index >= 15 is 0 Å². The molecule has 9 heavy (non-hydrogen) atoms. The fourth-order valence-electron chi connectivity index (χ4n) is 1.000. The molecule has 0 atom stereocenters. The molecule has 0 aromatic carbocycles. The van der Waals surface area contributed by atoms with Crippen molar-refractivity contribution in [3.05, 3.63) is 18.2 Å². The van der Waals surface area contributed by atoms with Gasteiger partial charge in [-0.2, -0.15) is 0 Å². The highest BCUT2D eigenvalue weighted by Gasteiger charge is 2.14. The van der Waals surface area contributed by atoms with Crippen molar-refractivity contribution < 1.29 is 0 Å². The predicted octanol–water partition coefficient (Wildman–Crippen LogP) is 1.73. The van der Waals surface area contributed by atoms with Crippen molar-refractivity contribution in [2.75, 3.05) is 19.0 Å². The van der Waals surface area contributed by atoms with Gasteiger partial charge in [0.2, 0.25) is 0 Å². The monoisotopic (exact) mass is 119 g/mol. The van der Waals surface area contributed by atoms with Crippen LogP contribution in [0.15, 0.2) is 18.2 Å². The SMILES string of the molecule is CN(C)c1cc2cc-2c1. The van der Waals surface area contributed by atoms with Crippen LogP contribution in [0.25, 0.3) is 11.1 Å². The molecule has 0 amide bonds. The smallest absolute Gasteiger partial charge is 0.0373 e. The Balaban J connectivity index is 2.38. The van der Waals surface area contributed by atoms with Gasteiger partial charge >= 0.3 is 0 Å². The summed E-state index contributed by atoms with van der Waals surface area (Å²) in [5.41, 5.74) is 4.15. The highest BCUT2D eigenvalue weighted by atomic mass is 15.1. The Morgan fingerprint density at radius 1 is 1.00 bits per heavy atom. The van der Waals surface area contributed by atoms with Crippen LogP contribution in [0.4, 0.5) is 5.69 Å². The van der Waals surface area contributed by atoms with Gasteiger partial charge in [-0.05, 0) is 29.3 Å². The largest absolute Gasteiger partial charge is 0.378 e. The number of rotatable bonds is 1. The number of hydrogen-bond acceptors (Lipinski definition) is 1. The number of benzene rings is 1. The molecule has 2 aliphatic rings. The molecule has 0 saturated carbocycles. The Morgan fingerprint density at radius 3 is 1.89 bits per heavy atom. The van der Waals surface area contributed by atoms with Crippen molar-refractivity contribution in [1.29, 1.82) is 0 Å². The van der Waals surface area contributed by atoms with E-state index in [0.29, 0.717) is 0 Å². The molecule has 0 aromatic heterocycles. The molecule has 0 aromatic rings. The summed E-state index contributed by atoms with van der Waals surface area (Å²) in [6.07, 6.45) is 0. The summed E-state index contributed by atoms with van der Waals surface area (Å²) < 4.78 is 0. The second-order valence-electron chi connectivity index (χ2n) is 2.66. The average Bonchev–Trinajstić information content (AvgIpc) is 2.40. The third kappa shape index (κ3) is 0.611. The number of nitrogens with zero attached hydrogens (tertiary/aromatic N) is 1. The number of anilines is 1. The van der Waals surface area contributed by atoms with E-state index in [1.807, 2.05) is 0 Å². The van der Waals surface area contributed by atoms with E-state index in [1.54, 1.807) is 0 Å². The minimum Gasteiger partial charge on any atom is -0.378 e. The minimum atomic E-state index is 1.32. The molecule has 0 aliphatic heterocycles. The minimum absolute atomic E-state index is 1.32. The zero-order valence-corrected chi connectivity index (χ0v) is 5.68. The summed E-state index contributed by atoms with van der Waals surface area (Å²) in [5.74, 6) is 0. The van der Waals surface area contributed by atoms with Gasteiger partial charge in [0, 0.05) is 19.8 Å². The fraction of sp³-hybridized carbons (Fsp3) is 0.250.